The van der Waals surface area contributed by atoms with Gasteiger partial charge in [0.1, 0.15) is 6.04 Å². The van der Waals surface area contributed by atoms with Gasteiger partial charge in [-0.1, -0.05) is 30.3 Å². The fourth-order valence-corrected chi connectivity index (χ4v) is 3.21. The summed E-state index contributed by atoms with van der Waals surface area (Å²) in [6, 6.07) is 15.1. The van der Waals surface area contributed by atoms with Gasteiger partial charge in [0.15, 0.2) is 11.5 Å². The molecule has 2 aromatic rings. The van der Waals surface area contributed by atoms with Crippen molar-refractivity contribution in [3.05, 3.63) is 54.1 Å². The minimum Gasteiger partial charge on any atom is -0.454 e. The number of ether oxygens (including phenoxy) is 2. The Kier molecular flexibility index (Phi) is 3.99. The van der Waals surface area contributed by atoms with Gasteiger partial charge in [-0.2, -0.15) is 0 Å². The van der Waals surface area contributed by atoms with E-state index in [-0.39, 0.29) is 12.7 Å². The zero-order chi connectivity index (χ0) is 16.4. The first-order valence-corrected chi connectivity index (χ1v) is 8.31. The molecule has 0 bridgehead atoms. The van der Waals surface area contributed by atoms with E-state index in [0.717, 1.165) is 42.9 Å². The van der Waals surface area contributed by atoms with Crippen molar-refractivity contribution in [3.63, 3.8) is 0 Å². The third-order valence-corrected chi connectivity index (χ3v) is 4.48. The van der Waals surface area contributed by atoms with Crippen molar-refractivity contribution < 1.29 is 14.3 Å². The van der Waals surface area contributed by atoms with Gasteiger partial charge in [0.25, 0.3) is 0 Å². The molecule has 4 rings (SSSR count). The van der Waals surface area contributed by atoms with Gasteiger partial charge in [-0.05, 0) is 30.5 Å². The molecule has 1 N–H and O–H groups in total. The number of nitrogens with one attached hydrogen (secondary N) is 1. The van der Waals surface area contributed by atoms with E-state index in [4.69, 9.17) is 9.47 Å². The number of rotatable bonds is 4. The Morgan fingerprint density at radius 2 is 1.75 bits per heavy atom. The second-order valence-corrected chi connectivity index (χ2v) is 6.09. The molecule has 5 nitrogen and oxygen atoms in total. The molecule has 2 aliphatic rings. The lowest BCUT2D eigenvalue weighted by Crippen LogP contribution is -2.36. The van der Waals surface area contributed by atoms with E-state index in [2.05, 4.69) is 5.32 Å². The molecule has 0 aromatic heterocycles. The number of hydrogen-bond donors (Lipinski definition) is 1. The van der Waals surface area contributed by atoms with Gasteiger partial charge in [-0.3, -0.25) is 4.79 Å². The van der Waals surface area contributed by atoms with Crippen LogP contribution in [-0.4, -0.2) is 30.7 Å². The number of hydrogen-bond acceptors (Lipinski definition) is 4. The first kappa shape index (κ1) is 14.9. The van der Waals surface area contributed by atoms with E-state index in [1.54, 1.807) is 0 Å². The number of carbonyl (C=O) groups excluding carboxylic acids is 1. The summed E-state index contributed by atoms with van der Waals surface area (Å²) in [5.74, 6) is 1.57. The lowest BCUT2D eigenvalue weighted by atomic mass is 10.0. The number of benzene rings is 2. The van der Waals surface area contributed by atoms with Crippen molar-refractivity contribution in [2.24, 2.45) is 0 Å². The van der Waals surface area contributed by atoms with Crippen molar-refractivity contribution in [1.82, 2.24) is 4.90 Å². The summed E-state index contributed by atoms with van der Waals surface area (Å²) >= 11 is 0. The van der Waals surface area contributed by atoms with Gasteiger partial charge in [0.05, 0.1) is 0 Å². The van der Waals surface area contributed by atoms with Gasteiger partial charge < -0.3 is 19.7 Å². The summed E-state index contributed by atoms with van der Waals surface area (Å²) in [5, 5.41) is 3.37. The lowest BCUT2D eigenvalue weighted by molar-refractivity contribution is -0.131. The minimum atomic E-state index is -0.398. The van der Waals surface area contributed by atoms with Gasteiger partial charge in [-0.15, -0.1) is 0 Å². The maximum Gasteiger partial charge on any atom is 0.249 e. The average molecular weight is 324 g/mol. The summed E-state index contributed by atoms with van der Waals surface area (Å²) in [6.07, 6.45) is 2.16. The van der Waals surface area contributed by atoms with E-state index in [1.807, 2.05) is 53.4 Å². The minimum absolute atomic E-state index is 0.122. The molecule has 1 amide bonds. The van der Waals surface area contributed by atoms with Crippen molar-refractivity contribution in [2.75, 3.05) is 25.2 Å². The number of nitrogens with zero attached hydrogens (tertiary/aromatic N) is 1. The molecule has 0 spiro atoms. The number of carbonyl (C=O) groups is 1. The van der Waals surface area contributed by atoms with Gasteiger partial charge in [-0.25, -0.2) is 0 Å². The molecular formula is C19H20N2O3. The van der Waals surface area contributed by atoms with Crippen molar-refractivity contribution in [3.8, 4) is 11.5 Å². The van der Waals surface area contributed by atoms with Crippen LogP contribution in [0.2, 0.25) is 0 Å². The second kappa shape index (κ2) is 6.43. The lowest BCUT2D eigenvalue weighted by Gasteiger charge is -2.25. The van der Waals surface area contributed by atoms with Crippen molar-refractivity contribution >= 4 is 11.6 Å². The fraction of sp³-hybridized carbons (Fsp3) is 0.316. The molecule has 1 saturated heterocycles. The van der Waals surface area contributed by atoms with Crippen molar-refractivity contribution in [1.29, 1.82) is 0 Å². The third kappa shape index (κ3) is 2.89. The summed E-state index contributed by atoms with van der Waals surface area (Å²) in [7, 11) is 0. The number of anilines is 1. The van der Waals surface area contributed by atoms with Crippen LogP contribution < -0.4 is 14.8 Å². The standard InChI is InChI=1S/C19H20N2O3/c22-19(21-10-4-5-11-21)18(14-6-2-1-3-7-14)20-15-8-9-16-17(12-15)24-13-23-16/h1-3,6-9,12,18,20H,4-5,10-11,13H2/t18-/m0/s1. The number of likely N-dealkylation sites (tertiary alicyclic amines) is 1. The van der Waals surface area contributed by atoms with E-state index >= 15 is 0 Å². The van der Waals surface area contributed by atoms with Gasteiger partial charge in [0.2, 0.25) is 12.7 Å². The van der Waals surface area contributed by atoms with Crippen LogP contribution in [0.15, 0.2) is 48.5 Å². The van der Waals surface area contributed by atoms with Crippen LogP contribution in [-0.2, 0) is 4.79 Å². The molecule has 2 aliphatic heterocycles. The number of amides is 1. The zero-order valence-corrected chi connectivity index (χ0v) is 13.4. The summed E-state index contributed by atoms with van der Waals surface area (Å²) in [6.45, 7) is 1.92. The summed E-state index contributed by atoms with van der Waals surface area (Å²) in [5.41, 5.74) is 1.81. The summed E-state index contributed by atoms with van der Waals surface area (Å²) in [4.78, 5) is 14.9. The highest BCUT2D eigenvalue weighted by Crippen LogP contribution is 2.35. The zero-order valence-electron chi connectivity index (χ0n) is 13.4. The van der Waals surface area contributed by atoms with E-state index in [0.29, 0.717) is 5.75 Å². The quantitative estimate of drug-likeness (QED) is 0.938. The van der Waals surface area contributed by atoms with Crippen LogP contribution >= 0.6 is 0 Å². The van der Waals surface area contributed by atoms with Crippen molar-refractivity contribution in [2.45, 2.75) is 18.9 Å². The van der Waals surface area contributed by atoms with Crippen LogP contribution in [0.1, 0.15) is 24.4 Å². The van der Waals surface area contributed by atoms with Crippen LogP contribution in [0.25, 0.3) is 0 Å². The van der Waals surface area contributed by atoms with E-state index in [1.165, 1.54) is 0 Å². The Morgan fingerprint density at radius 3 is 2.54 bits per heavy atom. The Balaban J connectivity index is 1.61. The highest BCUT2D eigenvalue weighted by atomic mass is 16.7. The fourth-order valence-electron chi connectivity index (χ4n) is 3.21. The first-order chi connectivity index (χ1) is 11.8. The van der Waals surface area contributed by atoms with Crippen LogP contribution in [0, 0.1) is 0 Å². The average Bonchev–Trinajstić information content (AvgIpc) is 3.31. The van der Waals surface area contributed by atoms with Crippen LogP contribution in [0.4, 0.5) is 5.69 Å². The van der Waals surface area contributed by atoms with Crippen LogP contribution in [0.3, 0.4) is 0 Å². The molecule has 1 fully saturated rings. The maximum absolute atomic E-state index is 13.0. The SMILES string of the molecule is O=C([C@@H](Nc1ccc2c(c1)OCO2)c1ccccc1)N1CCCC1. The maximum atomic E-state index is 13.0. The van der Waals surface area contributed by atoms with Gasteiger partial charge in [0, 0.05) is 24.8 Å². The monoisotopic (exact) mass is 324 g/mol. The molecule has 2 heterocycles. The molecular weight excluding hydrogens is 304 g/mol. The van der Waals surface area contributed by atoms with E-state index in [9.17, 15) is 4.79 Å². The molecule has 0 saturated carbocycles. The molecule has 5 heteroatoms. The normalized spacial score (nSPS) is 16.9. The Bertz CT molecular complexity index is 727. The third-order valence-electron chi connectivity index (χ3n) is 4.48. The molecule has 2 aromatic carbocycles. The molecule has 1 atom stereocenters. The largest absolute Gasteiger partial charge is 0.454 e. The highest BCUT2D eigenvalue weighted by Gasteiger charge is 2.28. The predicted octanol–water partition coefficient (Wildman–Crippen LogP) is 3.19. The molecule has 24 heavy (non-hydrogen) atoms. The summed E-state index contributed by atoms with van der Waals surface area (Å²) < 4.78 is 10.8. The molecule has 0 unspecified atom stereocenters. The Labute approximate surface area is 141 Å². The smallest absolute Gasteiger partial charge is 0.249 e. The highest BCUT2D eigenvalue weighted by molar-refractivity contribution is 5.86. The van der Waals surface area contributed by atoms with Gasteiger partial charge >= 0.3 is 0 Å². The molecule has 0 radical (unpaired) electrons. The Hall–Kier alpha value is -2.69. The topological polar surface area (TPSA) is 50.8 Å². The molecule has 124 valence electrons. The Morgan fingerprint density at radius 1 is 1.00 bits per heavy atom. The molecule has 0 aliphatic carbocycles. The number of fused-ring (bicyclic) bond motifs is 1. The second-order valence-electron chi connectivity index (χ2n) is 6.09. The van der Waals surface area contributed by atoms with Crippen LogP contribution in [0.5, 0.6) is 11.5 Å². The van der Waals surface area contributed by atoms with E-state index < -0.39 is 6.04 Å². The predicted molar refractivity (Wildman–Crippen MR) is 91.2 cm³/mol. The first-order valence-electron chi connectivity index (χ1n) is 8.31.